The summed E-state index contributed by atoms with van der Waals surface area (Å²) in [6, 6.07) is 1.85. The molecule has 1 rings (SSSR count). The fourth-order valence-corrected chi connectivity index (χ4v) is 1.23. The number of anilines is 1. The molecule has 0 amide bonds. The van der Waals surface area contributed by atoms with Gasteiger partial charge in [-0.15, -0.1) is 0 Å². The normalized spacial score (nSPS) is 10.7. The molecule has 1 aromatic rings. The third kappa shape index (κ3) is 3.83. The van der Waals surface area contributed by atoms with Crippen molar-refractivity contribution in [1.82, 2.24) is 9.97 Å². The van der Waals surface area contributed by atoms with Crippen molar-refractivity contribution in [2.24, 2.45) is 11.7 Å². The van der Waals surface area contributed by atoms with E-state index in [1.54, 1.807) is 6.20 Å². The number of rotatable bonds is 5. The van der Waals surface area contributed by atoms with Gasteiger partial charge in [0.1, 0.15) is 0 Å². The summed E-state index contributed by atoms with van der Waals surface area (Å²) >= 11 is 0. The fraction of sp³-hybridized carbons (Fsp3) is 0.636. The molecule has 0 aliphatic rings. The van der Waals surface area contributed by atoms with Gasteiger partial charge in [0.2, 0.25) is 5.95 Å². The minimum atomic E-state index is 0.466. The first-order valence-corrected chi connectivity index (χ1v) is 5.36. The summed E-state index contributed by atoms with van der Waals surface area (Å²) in [5, 5.41) is 0. The van der Waals surface area contributed by atoms with Crippen LogP contribution in [0.4, 0.5) is 5.95 Å². The van der Waals surface area contributed by atoms with E-state index in [9.17, 15) is 0 Å². The van der Waals surface area contributed by atoms with Gasteiger partial charge in [-0.05, 0) is 18.4 Å². The summed E-state index contributed by atoms with van der Waals surface area (Å²) in [7, 11) is 2.01. The zero-order valence-electron chi connectivity index (χ0n) is 9.77. The Morgan fingerprint density at radius 3 is 2.80 bits per heavy atom. The van der Waals surface area contributed by atoms with Gasteiger partial charge < -0.3 is 10.6 Å². The van der Waals surface area contributed by atoms with E-state index in [-0.39, 0.29) is 0 Å². The first-order chi connectivity index (χ1) is 7.13. The minimum absolute atomic E-state index is 0.466. The van der Waals surface area contributed by atoms with Crippen LogP contribution in [0.15, 0.2) is 12.3 Å². The highest BCUT2D eigenvalue weighted by Crippen LogP contribution is 2.08. The lowest BCUT2D eigenvalue weighted by atomic mass is 10.1. The monoisotopic (exact) mass is 208 g/mol. The molecule has 0 aromatic carbocycles. The molecule has 0 aliphatic carbocycles. The van der Waals surface area contributed by atoms with E-state index in [1.807, 2.05) is 13.1 Å². The quantitative estimate of drug-likeness (QED) is 0.795. The molecule has 0 spiro atoms. The lowest BCUT2D eigenvalue weighted by Crippen LogP contribution is -2.22. The Labute approximate surface area is 91.5 Å². The SMILES string of the molecule is CC(C)CCN(C)c1nccc(CN)n1. The molecule has 0 bridgehead atoms. The summed E-state index contributed by atoms with van der Waals surface area (Å²) in [5.41, 5.74) is 6.42. The molecular formula is C11H20N4. The van der Waals surface area contributed by atoms with E-state index in [2.05, 4.69) is 28.7 Å². The number of hydrogen-bond donors (Lipinski definition) is 1. The Morgan fingerprint density at radius 1 is 1.47 bits per heavy atom. The molecule has 0 saturated heterocycles. The number of nitrogens with zero attached hydrogens (tertiary/aromatic N) is 3. The number of nitrogens with two attached hydrogens (primary N) is 1. The maximum atomic E-state index is 5.53. The third-order valence-corrected chi connectivity index (χ3v) is 2.29. The largest absolute Gasteiger partial charge is 0.344 e. The number of hydrogen-bond acceptors (Lipinski definition) is 4. The van der Waals surface area contributed by atoms with Gasteiger partial charge in [-0.1, -0.05) is 13.8 Å². The molecule has 0 saturated carbocycles. The maximum Gasteiger partial charge on any atom is 0.225 e. The van der Waals surface area contributed by atoms with Crippen LogP contribution in [0.25, 0.3) is 0 Å². The van der Waals surface area contributed by atoms with Crippen molar-refractivity contribution in [3.63, 3.8) is 0 Å². The smallest absolute Gasteiger partial charge is 0.225 e. The molecule has 4 nitrogen and oxygen atoms in total. The van der Waals surface area contributed by atoms with Crippen molar-refractivity contribution >= 4 is 5.95 Å². The van der Waals surface area contributed by atoms with Crippen molar-refractivity contribution in [1.29, 1.82) is 0 Å². The summed E-state index contributed by atoms with van der Waals surface area (Å²) < 4.78 is 0. The Kier molecular flexibility index (Phi) is 4.49. The highest BCUT2D eigenvalue weighted by molar-refractivity contribution is 5.28. The van der Waals surface area contributed by atoms with E-state index in [4.69, 9.17) is 5.73 Å². The van der Waals surface area contributed by atoms with Crippen LogP contribution in [0.5, 0.6) is 0 Å². The van der Waals surface area contributed by atoms with Gasteiger partial charge >= 0.3 is 0 Å². The van der Waals surface area contributed by atoms with Crippen molar-refractivity contribution in [2.45, 2.75) is 26.8 Å². The molecular weight excluding hydrogens is 188 g/mol. The molecule has 15 heavy (non-hydrogen) atoms. The van der Waals surface area contributed by atoms with Gasteiger partial charge in [0.25, 0.3) is 0 Å². The molecule has 1 heterocycles. The van der Waals surface area contributed by atoms with Crippen LogP contribution < -0.4 is 10.6 Å². The molecule has 0 unspecified atom stereocenters. The van der Waals surface area contributed by atoms with E-state index in [0.29, 0.717) is 12.5 Å². The average molecular weight is 208 g/mol. The van der Waals surface area contributed by atoms with Crippen molar-refractivity contribution in [3.8, 4) is 0 Å². The Morgan fingerprint density at radius 2 is 2.20 bits per heavy atom. The van der Waals surface area contributed by atoms with Crippen LogP contribution in [0, 0.1) is 5.92 Å². The number of aromatic nitrogens is 2. The summed E-state index contributed by atoms with van der Waals surface area (Å²) in [4.78, 5) is 10.7. The van der Waals surface area contributed by atoms with E-state index in [0.717, 1.165) is 24.6 Å². The second kappa shape index (κ2) is 5.66. The minimum Gasteiger partial charge on any atom is -0.344 e. The van der Waals surface area contributed by atoms with Gasteiger partial charge in [-0.25, -0.2) is 9.97 Å². The van der Waals surface area contributed by atoms with Gasteiger partial charge in [0, 0.05) is 26.3 Å². The predicted molar refractivity (Wildman–Crippen MR) is 62.6 cm³/mol. The Bertz CT molecular complexity index is 298. The highest BCUT2D eigenvalue weighted by Gasteiger charge is 2.05. The van der Waals surface area contributed by atoms with E-state index < -0.39 is 0 Å². The lowest BCUT2D eigenvalue weighted by Gasteiger charge is -2.18. The van der Waals surface area contributed by atoms with Crippen molar-refractivity contribution in [2.75, 3.05) is 18.5 Å². The Hall–Kier alpha value is -1.16. The van der Waals surface area contributed by atoms with Crippen LogP contribution in [0.1, 0.15) is 26.0 Å². The molecule has 0 aliphatic heterocycles. The first kappa shape index (κ1) is 11.9. The van der Waals surface area contributed by atoms with Gasteiger partial charge in [-0.2, -0.15) is 0 Å². The zero-order valence-corrected chi connectivity index (χ0v) is 9.77. The van der Waals surface area contributed by atoms with Gasteiger partial charge in [0.15, 0.2) is 0 Å². The first-order valence-electron chi connectivity index (χ1n) is 5.36. The van der Waals surface area contributed by atoms with Crippen molar-refractivity contribution < 1.29 is 0 Å². The standard InChI is InChI=1S/C11H20N4/c1-9(2)5-7-15(3)11-13-6-4-10(8-12)14-11/h4,6,9H,5,7-8,12H2,1-3H3. The molecule has 0 radical (unpaired) electrons. The third-order valence-electron chi connectivity index (χ3n) is 2.29. The molecule has 4 heteroatoms. The van der Waals surface area contributed by atoms with Crippen LogP contribution in [0.3, 0.4) is 0 Å². The van der Waals surface area contributed by atoms with Gasteiger partial charge in [-0.3, -0.25) is 0 Å². The van der Waals surface area contributed by atoms with Crippen molar-refractivity contribution in [3.05, 3.63) is 18.0 Å². The fourth-order valence-electron chi connectivity index (χ4n) is 1.23. The second-order valence-corrected chi connectivity index (χ2v) is 4.16. The molecule has 2 N–H and O–H groups in total. The van der Waals surface area contributed by atoms with Crippen LogP contribution in [0.2, 0.25) is 0 Å². The molecule has 0 atom stereocenters. The van der Waals surface area contributed by atoms with E-state index >= 15 is 0 Å². The van der Waals surface area contributed by atoms with Crippen LogP contribution >= 0.6 is 0 Å². The highest BCUT2D eigenvalue weighted by atomic mass is 15.2. The second-order valence-electron chi connectivity index (χ2n) is 4.16. The zero-order chi connectivity index (χ0) is 11.3. The average Bonchev–Trinajstić information content (AvgIpc) is 2.26. The molecule has 0 fully saturated rings. The maximum absolute atomic E-state index is 5.53. The Balaban J connectivity index is 2.60. The van der Waals surface area contributed by atoms with E-state index in [1.165, 1.54) is 0 Å². The lowest BCUT2D eigenvalue weighted by molar-refractivity contribution is 0.581. The topological polar surface area (TPSA) is 55.0 Å². The summed E-state index contributed by atoms with van der Waals surface area (Å²) in [6.45, 7) is 5.87. The van der Waals surface area contributed by atoms with Gasteiger partial charge in [0.05, 0.1) is 5.69 Å². The molecule has 84 valence electrons. The summed E-state index contributed by atoms with van der Waals surface area (Å²) in [5.74, 6) is 1.46. The molecule has 1 aromatic heterocycles. The van der Waals surface area contributed by atoms with Crippen LogP contribution in [-0.4, -0.2) is 23.6 Å². The summed E-state index contributed by atoms with van der Waals surface area (Å²) in [6.07, 6.45) is 2.91. The van der Waals surface area contributed by atoms with Crippen LogP contribution in [-0.2, 0) is 6.54 Å². The predicted octanol–water partition coefficient (Wildman–Crippen LogP) is 1.42.